The van der Waals surface area contributed by atoms with Crippen LogP contribution in [0.25, 0.3) is 11.3 Å². The fourth-order valence-electron chi connectivity index (χ4n) is 2.77. The number of anilines is 1. The molecule has 2 N–H and O–H groups in total. The summed E-state index contributed by atoms with van der Waals surface area (Å²) in [6.45, 7) is 0.414. The Bertz CT molecular complexity index is 1220. The largest absolute Gasteiger partial charge is 0.302 e. The minimum Gasteiger partial charge on any atom is -0.302 e. The molecule has 0 saturated carbocycles. The van der Waals surface area contributed by atoms with E-state index in [4.69, 9.17) is 46.4 Å². The Morgan fingerprint density at radius 2 is 1.73 bits per heavy atom. The Morgan fingerprint density at radius 3 is 2.47 bits per heavy atom. The fraction of sp³-hybridized carbons (Fsp3) is 0.0500. The molecule has 0 radical (unpaired) electrons. The molecule has 10 heteroatoms. The molecule has 4 aromatic rings. The van der Waals surface area contributed by atoms with Gasteiger partial charge in [-0.05, 0) is 35.9 Å². The van der Waals surface area contributed by atoms with Gasteiger partial charge in [0.15, 0.2) is 5.82 Å². The molecule has 0 aliphatic carbocycles. The lowest BCUT2D eigenvalue weighted by molar-refractivity contribution is 0.102. The number of H-pyrrole nitrogens is 1. The molecule has 0 unspecified atom stereocenters. The van der Waals surface area contributed by atoms with E-state index >= 15 is 0 Å². The van der Waals surface area contributed by atoms with Crippen LogP contribution in [0.4, 0.5) is 5.82 Å². The van der Waals surface area contributed by atoms with Crippen molar-refractivity contribution < 1.29 is 4.79 Å². The maximum absolute atomic E-state index is 12.6. The molecule has 0 bridgehead atoms. The monoisotopic (exact) mass is 479 g/mol. The number of carbonyl (C=O) groups excluding carboxylic acids is 1. The highest BCUT2D eigenvalue weighted by Crippen LogP contribution is 2.25. The van der Waals surface area contributed by atoms with Crippen molar-refractivity contribution in [3.05, 3.63) is 86.1 Å². The topological polar surface area (TPSA) is 75.6 Å². The first kappa shape index (κ1) is 20.8. The van der Waals surface area contributed by atoms with Gasteiger partial charge in [0.05, 0.1) is 22.3 Å². The SMILES string of the molecule is O=C(Nc1nn(Cc2ccc(Cl)c(Cl)c2)cc1Cl)c1cc(-c2ccc(Cl)cc2)n[nH]1. The zero-order valence-corrected chi connectivity index (χ0v) is 18.2. The van der Waals surface area contributed by atoms with Crippen LogP contribution in [-0.2, 0) is 6.54 Å². The molecule has 0 saturated heterocycles. The van der Waals surface area contributed by atoms with Crippen molar-refractivity contribution in [1.82, 2.24) is 20.0 Å². The summed E-state index contributed by atoms with van der Waals surface area (Å²) in [5.74, 6) is -0.172. The minimum atomic E-state index is -0.413. The number of amides is 1. The minimum absolute atomic E-state index is 0.240. The van der Waals surface area contributed by atoms with E-state index < -0.39 is 5.91 Å². The van der Waals surface area contributed by atoms with Crippen LogP contribution >= 0.6 is 46.4 Å². The second kappa shape index (κ2) is 8.70. The molecule has 0 fully saturated rings. The molecular formula is C20H13Cl4N5O. The van der Waals surface area contributed by atoms with Gasteiger partial charge in [-0.2, -0.15) is 10.2 Å². The molecule has 0 aliphatic rings. The Balaban J connectivity index is 1.47. The number of hydrogen-bond acceptors (Lipinski definition) is 3. The molecule has 0 aliphatic heterocycles. The summed E-state index contributed by atoms with van der Waals surface area (Å²) in [5.41, 5.74) is 2.62. The summed E-state index contributed by atoms with van der Waals surface area (Å²) in [7, 11) is 0. The highest BCUT2D eigenvalue weighted by Gasteiger charge is 2.15. The van der Waals surface area contributed by atoms with E-state index in [9.17, 15) is 4.79 Å². The van der Waals surface area contributed by atoms with Crippen molar-refractivity contribution in [3.8, 4) is 11.3 Å². The molecule has 2 aromatic heterocycles. The van der Waals surface area contributed by atoms with E-state index in [-0.39, 0.29) is 11.5 Å². The fourth-order valence-corrected chi connectivity index (χ4v) is 3.41. The zero-order valence-electron chi connectivity index (χ0n) is 15.2. The summed E-state index contributed by atoms with van der Waals surface area (Å²) in [6.07, 6.45) is 1.62. The number of halogens is 4. The third-order valence-electron chi connectivity index (χ3n) is 4.24. The number of benzene rings is 2. The normalized spacial score (nSPS) is 10.9. The molecule has 0 atom stereocenters. The third kappa shape index (κ3) is 4.63. The number of nitrogens with zero attached hydrogens (tertiary/aromatic N) is 3. The van der Waals surface area contributed by atoms with Crippen molar-refractivity contribution in [2.75, 3.05) is 5.32 Å². The first-order valence-electron chi connectivity index (χ1n) is 8.68. The van der Waals surface area contributed by atoms with E-state index in [0.29, 0.717) is 32.3 Å². The van der Waals surface area contributed by atoms with Crippen LogP contribution in [0.5, 0.6) is 0 Å². The van der Waals surface area contributed by atoms with E-state index in [2.05, 4.69) is 20.6 Å². The van der Waals surface area contributed by atoms with Gasteiger partial charge >= 0.3 is 0 Å². The van der Waals surface area contributed by atoms with Crippen molar-refractivity contribution in [2.24, 2.45) is 0 Å². The van der Waals surface area contributed by atoms with E-state index in [1.807, 2.05) is 18.2 Å². The van der Waals surface area contributed by atoms with Gasteiger partial charge in [0.2, 0.25) is 0 Å². The molecular weight excluding hydrogens is 468 g/mol. The van der Waals surface area contributed by atoms with Gasteiger partial charge in [0, 0.05) is 16.8 Å². The van der Waals surface area contributed by atoms with Gasteiger partial charge in [-0.15, -0.1) is 0 Å². The van der Waals surface area contributed by atoms with Crippen molar-refractivity contribution in [1.29, 1.82) is 0 Å². The van der Waals surface area contributed by atoms with Crippen LogP contribution in [0.15, 0.2) is 54.7 Å². The zero-order chi connectivity index (χ0) is 21.3. The first-order chi connectivity index (χ1) is 14.4. The molecule has 6 nitrogen and oxygen atoms in total. The number of hydrogen-bond donors (Lipinski definition) is 2. The van der Waals surface area contributed by atoms with E-state index in [1.54, 1.807) is 41.2 Å². The van der Waals surface area contributed by atoms with Gasteiger partial charge in [-0.25, -0.2) is 0 Å². The van der Waals surface area contributed by atoms with Gasteiger partial charge in [-0.3, -0.25) is 14.6 Å². The Morgan fingerprint density at radius 1 is 0.967 bits per heavy atom. The number of rotatable bonds is 5. The van der Waals surface area contributed by atoms with Gasteiger partial charge in [0.25, 0.3) is 5.91 Å². The number of carbonyl (C=O) groups is 1. The molecule has 2 aromatic carbocycles. The summed E-state index contributed by atoms with van der Waals surface area (Å²) in [5, 5.41) is 15.8. The smallest absolute Gasteiger partial charge is 0.274 e. The molecule has 1 amide bonds. The second-order valence-electron chi connectivity index (χ2n) is 6.40. The highest BCUT2D eigenvalue weighted by molar-refractivity contribution is 6.42. The summed E-state index contributed by atoms with van der Waals surface area (Å²) < 4.78 is 1.60. The van der Waals surface area contributed by atoms with Gasteiger partial charge in [0.1, 0.15) is 10.7 Å². The highest BCUT2D eigenvalue weighted by atomic mass is 35.5. The Kier molecular flexibility index (Phi) is 6.01. The molecule has 30 heavy (non-hydrogen) atoms. The van der Waals surface area contributed by atoms with Crippen LogP contribution in [0.3, 0.4) is 0 Å². The molecule has 152 valence electrons. The van der Waals surface area contributed by atoms with Crippen LogP contribution < -0.4 is 5.32 Å². The predicted octanol–water partition coefficient (Wildman–Crippen LogP) is 6.19. The summed E-state index contributed by atoms with van der Waals surface area (Å²) in [4.78, 5) is 12.6. The van der Waals surface area contributed by atoms with Crippen LogP contribution in [0.2, 0.25) is 20.1 Å². The predicted molar refractivity (Wildman–Crippen MR) is 120 cm³/mol. The van der Waals surface area contributed by atoms with Crippen LogP contribution in [0.1, 0.15) is 16.1 Å². The van der Waals surface area contributed by atoms with Gasteiger partial charge in [-0.1, -0.05) is 64.6 Å². The molecule has 2 heterocycles. The van der Waals surface area contributed by atoms with E-state index in [1.165, 1.54) is 0 Å². The van der Waals surface area contributed by atoms with E-state index in [0.717, 1.165) is 11.1 Å². The Labute approximate surface area is 191 Å². The lowest BCUT2D eigenvalue weighted by atomic mass is 10.1. The molecule has 4 rings (SSSR count). The molecule has 0 spiro atoms. The van der Waals surface area contributed by atoms with Gasteiger partial charge < -0.3 is 5.32 Å². The number of aromatic nitrogens is 4. The summed E-state index contributed by atoms with van der Waals surface area (Å²) >= 11 is 24.1. The second-order valence-corrected chi connectivity index (χ2v) is 8.06. The van der Waals surface area contributed by atoms with Crippen LogP contribution in [-0.4, -0.2) is 25.9 Å². The van der Waals surface area contributed by atoms with Crippen molar-refractivity contribution in [3.63, 3.8) is 0 Å². The first-order valence-corrected chi connectivity index (χ1v) is 10.2. The summed E-state index contributed by atoms with van der Waals surface area (Å²) in [6, 6.07) is 14.1. The number of nitrogens with one attached hydrogen (secondary N) is 2. The standard InChI is InChI=1S/C20H13Cl4N5O/c21-13-4-2-12(3-5-13)17-8-18(27-26-17)20(30)25-19-16(24)10-29(28-19)9-11-1-6-14(22)15(23)7-11/h1-8,10H,9H2,(H,26,27)(H,25,28,30). The van der Waals surface area contributed by atoms with Crippen molar-refractivity contribution in [2.45, 2.75) is 6.54 Å². The lowest BCUT2D eigenvalue weighted by Crippen LogP contribution is -2.13. The lowest BCUT2D eigenvalue weighted by Gasteiger charge is -2.04. The maximum atomic E-state index is 12.6. The average Bonchev–Trinajstić information content (AvgIpc) is 3.33. The van der Waals surface area contributed by atoms with Crippen LogP contribution in [0, 0.1) is 0 Å². The third-order valence-corrected chi connectivity index (χ3v) is 5.51. The van der Waals surface area contributed by atoms with Crippen molar-refractivity contribution >= 4 is 58.1 Å². The Hall–Kier alpha value is -2.51. The maximum Gasteiger partial charge on any atom is 0.274 e. The average molecular weight is 481 g/mol. The quantitative estimate of drug-likeness (QED) is 0.357. The number of aromatic amines is 1.